The summed E-state index contributed by atoms with van der Waals surface area (Å²) in [7, 11) is 3.03. The van der Waals surface area contributed by atoms with Gasteiger partial charge < -0.3 is 14.8 Å². The Balaban J connectivity index is 2.59. The number of nitriles is 1. The fourth-order valence-corrected chi connectivity index (χ4v) is 1.76. The first-order chi connectivity index (χ1) is 10.2. The topological polar surface area (TPSA) is 93.0 Å². The first kappa shape index (κ1) is 14.5. The quantitative estimate of drug-likeness (QED) is 0.896. The van der Waals surface area contributed by atoms with Crippen molar-refractivity contribution in [2.45, 2.75) is 6.92 Å². The third-order valence-corrected chi connectivity index (χ3v) is 2.70. The van der Waals surface area contributed by atoms with E-state index in [1.54, 1.807) is 25.3 Å². The Morgan fingerprint density at radius 2 is 2.00 bits per heavy atom. The molecule has 0 aliphatic carbocycles. The van der Waals surface area contributed by atoms with Gasteiger partial charge in [0.25, 0.3) is 0 Å². The number of methoxy groups -OCH3 is 2. The highest BCUT2D eigenvalue weighted by Crippen LogP contribution is 2.29. The summed E-state index contributed by atoms with van der Waals surface area (Å²) in [6.45, 7) is 2.61. The minimum atomic E-state index is 0.195. The van der Waals surface area contributed by atoms with Gasteiger partial charge in [-0.3, -0.25) is 0 Å². The molecule has 0 saturated carbocycles. The van der Waals surface area contributed by atoms with Crippen molar-refractivity contribution in [3.05, 3.63) is 23.8 Å². The lowest BCUT2D eigenvalue weighted by molar-refractivity contribution is 0.379. The lowest BCUT2D eigenvalue weighted by Gasteiger charge is -2.10. The van der Waals surface area contributed by atoms with Crippen molar-refractivity contribution in [2.24, 2.45) is 0 Å². The van der Waals surface area contributed by atoms with Crippen LogP contribution in [-0.2, 0) is 0 Å². The van der Waals surface area contributed by atoms with Gasteiger partial charge in [0.15, 0.2) is 5.82 Å². The standard InChI is InChI=1S/C14H15N5O2/c1-4-16-13-17-12(18-14(19-13)21-3)10-7-9(8-15)5-6-11(10)20-2/h5-7H,4H2,1-3H3,(H,16,17,18,19). The Kier molecular flexibility index (Phi) is 4.51. The maximum absolute atomic E-state index is 9.03. The molecule has 1 aromatic heterocycles. The second-order valence-electron chi connectivity index (χ2n) is 4.03. The molecule has 2 aromatic rings. The van der Waals surface area contributed by atoms with E-state index in [-0.39, 0.29) is 6.01 Å². The molecule has 0 fully saturated rings. The monoisotopic (exact) mass is 285 g/mol. The largest absolute Gasteiger partial charge is 0.496 e. The van der Waals surface area contributed by atoms with E-state index in [1.807, 2.05) is 6.92 Å². The highest BCUT2D eigenvalue weighted by molar-refractivity contribution is 5.67. The van der Waals surface area contributed by atoms with Gasteiger partial charge in [0, 0.05) is 6.54 Å². The second kappa shape index (κ2) is 6.52. The van der Waals surface area contributed by atoms with E-state index in [4.69, 9.17) is 14.7 Å². The molecule has 2 rings (SSSR count). The van der Waals surface area contributed by atoms with Crippen LogP contribution in [0.4, 0.5) is 5.95 Å². The first-order valence-corrected chi connectivity index (χ1v) is 6.34. The van der Waals surface area contributed by atoms with Crippen molar-refractivity contribution in [2.75, 3.05) is 26.1 Å². The van der Waals surface area contributed by atoms with E-state index < -0.39 is 0 Å². The number of nitrogens with zero attached hydrogens (tertiary/aromatic N) is 4. The minimum Gasteiger partial charge on any atom is -0.496 e. The van der Waals surface area contributed by atoms with Crippen LogP contribution in [0.2, 0.25) is 0 Å². The molecule has 21 heavy (non-hydrogen) atoms. The molecule has 108 valence electrons. The lowest BCUT2D eigenvalue weighted by atomic mass is 10.1. The number of hydrogen-bond donors (Lipinski definition) is 1. The number of benzene rings is 1. The van der Waals surface area contributed by atoms with Crippen LogP contribution in [0.5, 0.6) is 11.8 Å². The minimum absolute atomic E-state index is 0.195. The van der Waals surface area contributed by atoms with Crippen LogP contribution in [0.25, 0.3) is 11.4 Å². The fourth-order valence-electron chi connectivity index (χ4n) is 1.76. The molecule has 0 bridgehead atoms. The summed E-state index contributed by atoms with van der Waals surface area (Å²) in [6, 6.07) is 7.33. The predicted molar refractivity (Wildman–Crippen MR) is 77.2 cm³/mol. The molecule has 7 heteroatoms. The molecule has 0 radical (unpaired) electrons. The summed E-state index contributed by atoms with van der Waals surface area (Å²) in [6.07, 6.45) is 0. The normalized spacial score (nSPS) is 9.81. The molecule has 7 nitrogen and oxygen atoms in total. The Bertz CT molecular complexity index is 682. The summed E-state index contributed by atoms with van der Waals surface area (Å²) < 4.78 is 10.4. The van der Waals surface area contributed by atoms with Gasteiger partial charge in [0.2, 0.25) is 5.95 Å². The van der Waals surface area contributed by atoms with Crippen LogP contribution in [-0.4, -0.2) is 35.7 Å². The van der Waals surface area contributed by atoms with Crippen molar-refractivity contribution in [1.82, 2.24) is 15.0 Å². The van der Waals surface area contributed by atoms with Crippen molar-refractivity contribution in [1.29, 1.82) is 5.26 Å². The average molecular weight is 285 g/mol. The molecule has 1 aromatic carbocycles. The van der Waals surface area contributed by atoms with Crippen LogP contribution in [0, 0.1) is 11.3 Å². The molecule has 1 N–H and O–H groups in total. The Labute approximate surface area is 122 Å². The summed E-state index contributed by atoms with van der Waals surface area (Å²) in [5, 5.41) is 12.0. The van der Waals surface area contributed by atoms with Crippen LogP contribution >= 0.6 is 0 Å². The van der Waals surface area contributed by atoms with E-state index in [1.165, 1.54) is 7.11 Å². The van der Waals surface area contributed by atoms with Gasteiger partial charge in [-0.15, -0.1) is 0 Å². The molecule has 0 saturated heterocycles. The number of anilines is 1. The third kappa shape index (κ3) is 3.17. The second-order valence-corrected chi connectivity index (χ2v) is 4.03. The highest BCUT2D eigenvalue weighted by Gasteiger charge is 2.14. The van der Waals surface area contributed by atoms with Gasteiger partial charge in [-0.25, -0.2) is 0 Å². The molecule has 0 atom stereocenters. The van der Waals surface area contributed by atoms with E-state index >= 15 is 0 Å². The molecule has 0 aliphatic heterocycles. The first-order valence-electron chi connectivity index (χ1n) is 6.34. The van der Waals surface area contributed by atoms with E-state index in [2.05, 4.69) is 26.3 Å². The summed E-state index contributed by atoms with van der Waals surface area (Å²) in [5.74, 6) is 1.36. The van der Waals surface area contributed by atoms with Crippen LogP contribution in [0.15, 0.2) is 18.2 Å². The Morgan fingerprint density at radius 3 is 2.62 bits per heavy atom. The SMILES string of the molecule is CCNc1nc(OC)nc(-c2cc(C#N)ccc2OC)n1. The van der Waals surface area contributed by atoms with Crippen molar-refractivity contribution < 1.29 is 9.47 Å². The molecule has 0 aliphatic rings. The van der Waals surface area contributed by atoms with Crippen molar-refractivity contribution >= 4 is 5.95 Å². The van der Waals surface area contributed by atoms with Gasteiger partial charge in [0.05, 0.1) is 31.4 Å². The maximum Gasteiger partial charge on any atom is 0.321 e. The zero-order valence-corrected chi connectivity index (χ0v) is 12.0. The fraction of sp³-hybridized carbons (Fsp3) is 0.286. The van der Waals surface area contributed by atoms with Gasteiger partial charge >= 0.3 is 6.01 Å². The zero-order chi connectivity index (χ0) is 15.2. The number of nitrogens with one attached hydrogen (secondary N) is 1. The highest BCUT2D eigenvalue weighted by atomic mass is 16.5. The van der Waals surface area contributed by atoms with E-state index in [0.29, 0.717) is 35.2 Å². The number of hydrogen-bond acceptors (Lipinski definition) is 7. The number of rotatable bonds is 5. The molecule has 1 heterocycles. The van der Waals surface area contributed by atoms with Gasteiger partial charge in [0.1, 0.15) is 5.75 Å². The Hall–Kier alpha value is -2.88. The number of ether oxygens (including phenoxy) is 2. The van der Waals surface area contributed by atoms with Crippen LogP contribution in [0.1, 0.15) is 12.5 Å². The maximum atomic E-state index is 9.03. The zero-order valence-electron chi connectivity index (χ0n) is 12.0. The number of aromatic nitrogens is 3. The smallest absolute Gasteiger partial charge is 0.321 e. The van der Waals surface area contributed by atoms with Gasteiger partial charge in [-0.2, -0.15) is 20.2 Å². The van der Waals surface area contributed by atoms with Gasteiger partial charge in [-0.1, -0.05) is 0 Å². The Morgan fingerprint density at radius 1 is 1.19 bits per heavy atom. The van der Waals surface area contributed by atoms with Crippen molar-refractivity contribution in [3.63, 3.8) is 0 Å². The summed E-state index contributed by atoms with van der Waals surface area (Å²) in [5.41, 5.74) is 1.10. The van der Waals surface area contributed by atoms with E-state index in [0.717, 1.165) is 0 Å². The molecule has 0 amide bonds. The predicted octanol–water partition coefficient (Wildman–Crippen LogP) is 1.86. The summed E-state index contributed by atoms with van der Waals surface area (Å²) in [4.78, 5) is 12.6. The third-order valence-electron chi connectivity index (χ3n) is 2.70. The molecule has 0 spiro atoms. The lowest BCUT2D eigenvalue weighted by Crippen LogP contribution is -2.06. The van der Waals surface area contributed by atoms with Crippen LogP contribution < -0.4 is 14.8 Å². The van der Waals surface area contributed by atoms with Crippen molar-refractivity contribution in [3.8, 4) is 29.2 Å². The van der Waals surface area contributed by atoms with Gasteiger partial charge in [-0.05, 0) is 25.1 Å². The van der Waals surface area contributed by atoms with E-state index in [9.17, 15) is 0 Å². The summed E-state index contributed by atoms with van der Waals surface area (Å²) >= 11 is 0. The average Bonchev–Trinajstić information content (AvgIpc) is 2.54. The molecular weight excluding hydrogens is 270 g/mol. The molecule has 0 unspecified atom stereocenters. The molecular formula is C14H15N5O2. The van der Waals surface area contributed by atoms with Crippen LogP contribution in [0.3, 0.4) is 0 Å².